The van der Waals surface area contributed by atoms with Crippen LogP contribution in [0, 0.1) is 0 Å². The van der Waals surface area contributed by atoms with Crippen molar-refractivity contribution in [3.05, 3.63) is 53.1 Å². The van der Waals surface area contributed by atoms with Crippen molar-refractivity contribution in [3.63, 3.8) is 0 Å². The maximum absolute atomic E-state index is 12.3. The number of ketones is 1. The van der Waals surface area contributed by atoms with Gasteiger partial charge in [-0.15, -0.1) is 0 Å². The standard InChI is InChI=1S/C21H24N2O8S/c1-28-17-9-13(8-15(12-24)20(17)22)4-6-16(25)7-5-14-10-18(29-2)21(19(11-14)30-3)31-32(23,26)27/h4-11,24H,12,22H2,1-3H3,(H2,23,26,27)/b6-4+,7-5+. The predicted molar refractivity (Wildman–Crippen MR) is 120 cm³/mol. The summed E-state index contributed by atoms with van der Waals surface area (Å²) in [5.74, 6) is -0.0646. The number of nitrogen functional groups attached to an aromatic ring is 1. The van der Waals surface area contributed by atoms with Crippen LogP contribution in [-0.4, -0.2) is 40.6 Å². The predicted octanol–water partition coefficient (Wildman–Crippen LogP) is 1.66. The van der Waals surface area contributed by atoms with Crippen LogP contribution < -0.4 is 29.3 Å². The summed E-state index contributed by atoms with van der Waals surface area (Å²) in [6, 6.07) is 6.19. The molecule has 0 radical (unpaired) electrons. The normalized spacial score (nSPS) is 11.7. The monoisotopic (exact) mass is 464 g/mol. The minimum absolute atomic E-state index is 0.0477. The molecule has 0 saturated carbocycles. The molecule has 0 amide bonds. The molecule has 32 heavy (non-hydrogen) atoms. The Morgan fingerprint density at radius 2 is 1.41 bits per heavy atom. The van der Waals surface area contributed by atoms with E-state index in [0.717, 1.165) is 0 Å². The van der Waals surface area contributed by atoms with Gasteiger partial charge >= 0.3 is 10.3 Å². The van der Waals surface area contributed by atoms with Crippen LogP contribution in [0.2, 0.25) is 0 Å². The summed E-state index contributed by atoms with van der Waals surface area (Å²) in [6.45, 7) is -0.271. The van der Waals surface area contributed by atoms with E-state index >= 15 is 0 Å². The zero-order chi connectivity index (χ0) is 23.9. The van der Waals surface area contributed by atoms with E-state index in [1.807, 2.05) is 0 Å². The summed E-state index contributed by atoms with van der Waals surface area (Å²) in [5.41, 5.74) is 7.79. The number of rotatable bonds is 10. The Bertz CT molecular complexity index is 1110. The van der Waals surface area contributed by atoms with Crippen LogP contribution in [-0.2, 0) is 21.7 Å². The quantitative estimate of drug-likeness (QED) is 0.351. The van der Waals surface area contributed by atoms with Crippen LogP contribution in [0.4, 0.5) is 5.69 Å². The lowest BCUT2D eigenvalue weighted by Gasteiger charge is -2.13. The number of benzene rings is 2. The van der Waals surface area contributed by atoms with Gasteiger partial charge < -0.3 is 29.2 Å². The molecule has 0 aromatic heterocycles. The van der Waals surface area contributed by atoms with Gasteiger partial charge in [0.2, 0.25) is 5.75 Å². The molecule has 10 nitrogen and oxygen atoms in total. The van der Waals surface area contributed by atoms with Gasteiger partial charge in [-0.3, -0.25) is 4.79 Å². The fourth-order valence-electron chi connectivity index (χ4n) is 2.71. The SMILES string of the molecule is COc1cc(/C=C/C(=O)/C=C/c2cc(OC)c(OS(N)(=O)=O)c(OC)c2)cc(CO)c1N. The van der Waals surface area contributed by atoms with Gasteiger partial charge in [-0.05, 0) is 47.5 Å². The molecule has 0 bridgehead atoms. The highest BCUT2D eigenvalue weighted by Gasteiger charge is 2.18. The number of anilines is 1. The Morgan fingerprint density at radius 3 is 1.84 bits per heavy atom. The highest BCUT2D eigenvalue weighted by molar-refractivity contribution is 7.84. The number of nitrogens with two attached hydrogens (primary N) is 2. The van der Waals surface area contributed by atoms with Crippen molar-refractivity contribution in [2.75, 3.05) is 27.1 Å². The van der Waals surface area contributed by atoms with Crippen LogP contribution in [0.5, 0.6) is 23.0 Å². The minimum atomic E-state index is -4.30. The first-order chi connectivity index (χ1) is 15.1. The summed E-state index contributed by atoms with van der Waals surface area (Å²) in [5, 5.41) is 14.3. The molecule has 2 aromatic carbocycles. The minimum Gasteiger partial charge on any atom is -0.495 e. The lowest BCUT2D eigenvalue weighted by atomic mass is 10.1. The van der Waals surface area contributed by atoms with Crippen LogP contribution >= 0.6 is 0 Å². The van der Waals surface area contributed by atoms with Gasteiger partial charge in [-0.1, -0.05) is 12.2 Å². The number of methoxy groups -OCH3 is 3. The van der Waals surface area contributed by atoms with Gasteiger partial charge in [-0.25, -0.2) is 0 Å². The largest absolute Gasteiger partial charge is 0.495 e. The van der Waals surface area contributed by atoms with Crippen molar-refractivity contribution < 1.29 is 36.7 Å². The Morgan fingerprint density at radius 1 is 0.938 bits per heavy atom. The van der Waals surface area contributed by atoms with Gasteiger partial charge in [0.15, 0.2) is 17.3 Å². The number of carbonyl (C=O) groups excluding carboxylic acids is 1. The summed E-state index contributed by atoms with van der Waals surface area (Å²) >= 11 is 0. The molecule has 0 aliphatic rings. The van der Waals surface area contributed by atoms with Crippen molar-refractivity contribution in [3.8, 4) is 23.0 Å². The third-order valence-corrected chi connectivity index (χ3v) is 4.60. The number of aliphatic hydroxyl groups excluding tert-OH is 1. The molecule has 0 fully saturated rings. The number of hydrogen-bond acceptors (Lipinski definition) is 9. The Balaban J connectivity index is 2.27. The second kappa shape index (κ2) is 10.7. The molecule has 0 atom stereocenters. The highest BCUT2D eigenvalue weighted by atomic mass is 32.2. The van der Waals surface area contributed by atoms with Gasteiger partial charge in [0, 0.05) is 5.56 Å². The third kappa shape index (κ3) is 6.48. The third-order valence-electron chi connectivity index (χ3n) is 4.20. The molecule has 0 heterocycles. The van der Waals surface area contributed by atoms with E-state index in [1.54, 1.807) is 18.2 Å². The molecule has 0 spiro atoms. The zero-order valence-corrected chi connectivity index (χ0v) is 18.5. The van der Waals surface area contributed by atoms with Crippen LogP contribution in [0.1, 0.15) is 16.7 Å². The maximum Gasteiger partial charge on any atom is 0.380 e. The Hall–Kier alpha value is -3.54. The average molecular weight is 464 g/mol. The summed E-state index contributed by atoms with van der Waals surface area (Å²) in [6.07, 6.45) is 5.67. The average Bonchev–Trinajstić information content (AvgIpc) is 2.76. The first kappa shape index (κ1) is 24.7. The van der Waals surface area contributed by atoms with Crippen molar-refractivity contribution in [2.45, 2.75) is 6.61 Å². The molecule has 5 N–H and O–H groups in total. The van der Waals surface area contributed by atoms with Crippen molar-refractivity contribution >= 4 is 33.9 Å². The van der Waals surface area contributed by atoms with Gasteiger partial charge in [0.25, 0.3) is 0 Å². The van der Waals surface area contributed by atoms with Crippen LogP contribution in [0.3, 0.4) is 0 Å². The topological polar surface area (TPSA) is 160 Å². The van der Waals surface area contributed by atoms with Crippen molar-refractivity contribution in [2.24, 2.45) is 5.14 Å². The molecule has 2 rings (SSSR count). The Labute approximate surface area is 185 Å². The number of aliphatic hydroxyl groups is 1. The van der Waals surface area contributed by atoms with Gasteiger partial charge in [-0.2, -0.15) is 13.6 Å². The van der Waals surface area contributed by atoms with E-state index in [-0.39, 0.29) is 29.6 Å². The van der Waals surface area contributed by atoms with E-state index < -0.39 is 10.3 Å². The summed E-state index contributed by atoms with van der Waals surface area (Å²) < 4.78 is 42.7. The number of hydrogen-bond donors (Lipinski definition) is 3. The number of allylic oxidation sites excluding steroid dienone is 2. The second-order valence-electron chi connectivity index (χ2n) is 6.35. The van der Waals surface area contributed by atoms with Crippen molar-refractivity contribution in [1.82, 2.24) is 0 Å². The zero-order valence-electron chi connectivity index (χ0n) is 17.7. The maximum atomic E-state index is 12.3. The highest BCUT2D eigenvalue weighted by Crippen LogP contribution is 2.39. The van der Waals surface area contributed by atoms with Crippen LogP contribution in [0.25, 0.3) is 12.2 Å². The van der Waals surface area contributed by atoms with E-state index in [2.05, 4.69) is 0 Å². The smallest absolute Gasteiger partial charge is 0.380 e. The number of carbonyl (C=O) groups is 1. The molecule has 0 unspecified atom stereocenters. The molecule has 172 valence electrons. The molecular weight excluding hydrogens is 440 g/mol. The van der Waals surface area contributed by atoms with E-state index in [9.17, 15) is 18.3 Å². The van der Waals surface area contributed by atoms with Crippen LogP contribution in [0.15, 0.2) is 36.4 Å². The molecular formula is C21H24N2O8S. The molecule has 2 aromatic rings. The lowest BCUT2D eigenvalue weighted by molar-refractivity contribution is -0.110. The summed E-state index contributed by atoms with van der Waals surface area (Å²) in [4.78, 5) is 12.3. The first-order valence-corrected chi connectivity index (χ1v) is 10.5. The van der Waals surface area contributed by atoms with E-state index in [1.165, 1.54) is 51.7 Å². The summed E-state index contributed by atoms with van der Waals surface area (Å²) in [7, 11) is -0.220. The fourth-order valence-corrected chi connectivity index (χ4v) is 3.11. The molecule has 11 heteroatoms. The first-order valence-electron chi connectivity index (χ1n) is 9.07. The Kier molecular flexibility index (Phi) is 8.24. The van der Waals surface area contributed by atoms with E-state index in [4.69, 9.17) is 29.3 Å². The second-order valence-corrected chi connectivity index (χ2v) is 7.51. The van der Waals surface area contributed by atoms with Crippen molar-refractivity contribution in [1.29, 1.82) is 0 Å². The van der Waals surface area contributed by atoms with E-state index in [0.29, 0.717) is 28.1 Å². The van der Waals surface area contributed by atoms with Gasteiger partial charge in [0.1, 0.15) is 5.75 Å². The lowest BCUT2D eigenvalue weighted by Crippen LogP contribution is -2.19. The molecule has 0 aliphatic heterocycles. The molecule has 0 saturated heterocycles. The molecule has 0 aliphatic carbocycles. The van der Waals surface area contributed by atoms with Gasteiger partial charge in [0.05, 0.1) is 33.6 Å². The number of ether oxygens (including phenoxy) is 3. The fraction of sp³-hybridized carbons (Fsp3) is 0.190.